The fourth-order valence-electron chi connectivity index (χ4n) is 3.36. The first-order chi connectivity index (χ1) is 16.3. The smallest absolute Gasteiger partial charge is 0.250 e. The summed E-state index contributed by atoms with van der Waals surface area (Å²) >= 11 is 0. The highest BCUT2D eigenvalue weighted by Crippen LogP contribution is 2.19. The number of hydrogen-bond acceptors (Lipinski definition) is 7. The number of hydrazone groups is 1. The van der Waals surface area contributed by atoms with Crippen LogP contribution in [0.15, 0.2) is 108 Å². The van der Waals surface area contributed by atoms with Gasteiger partial charge >= 0.3 is 0 Å². The molecule has 0 saturated carbocycles. The van der Waals surface area contributed by atoms with E-state index in [9.17, 15) is 0 Å². The van der Waals surface area contributed by atoms with Gasteiger partial charge in [-0.2, -0.15) is 20.1 Å². The molecule has 160 valence electrons. The minimum Gasteiger partial charge on any atom is -0.324 e. The number of aromatic nitrogens is 3. The molecule has 0 atom stereocenters. The summed E-state index contributed by atoms with van der Waals surface area (Å²) in [5.41, 5.74) is 5.69. The fourth-order valence-corrected chi connectivity index (χ4v) is 3.36. The maximum atomic E-state index is 4.49. The van der Waals surface area contributed by atoms with Crippen LogP contribution in [0.4, 0.5) is 29.2 Å². The lowest BCUT2D eigenvalue weighted by Crippen LogP contribution is -2.07. The van der Waals surface area contributed by atoms with Crippen molar-refractivity contribution < 1.29 is 0 Å². The van der Waals surface area contributed by atoms with E-state index in [1.165, 1.54) is 0 Å². The van der Waals surface area contributed by atoms with Gasteiger partial charge in [0, 0.05) is 16.9 Å². The van der Waals surface area contributed by atoms with Crippen molar-refractivity contribution >= 4 is 46.2 Å². The third-order valence-corrected chi connectivity index (χ3v) is 4.89. The fraction of sp³-hybridized carbons (Fsp3) is 0. The van der Waals surface area contributed by atoms with Gasteiger partial charge in [-0.25, -0.2) is 5.43 Å². The Balaban J connectivity index is 1.41. The molecule has 1 heterocycles. The Morgan fingerprint density at radius 2 is 1.09 bits per heavy atom. The second-order valence-electron chi connectivity index (χ2n) is 7.23. The lowest BCUT2D eigenvalue weighted by Gasteiger charge is -2.10. The topological polar surface area (TPSA) is 87.1 Å². The molecular weight excluding hydrogens is 410 g/mol. The first kappa shape index (κ1) is 20.1. The molecule has 0 unspecified atom stereocenters. The number of benzene rings is 4. The Bertz CT molecular complexity index is 1320. The zero-order chi connectivity index (χ0) is 22.3. The maximum Gasteiger partial charge on any atom is 0.250 e. The molecule has 4 aromatic carbocycles. The van der Waals surface area contributed by atoms with Crippen molar-refractivity contribution in [3.05, 3.63) is 109 Å². The van der Waals surface area contributed by atoms with Crippen LogP contribution < -0.4 is 16.1 Å². The number of fused-ring (bicyclic) bond motifs is 1. The zero-order valence-corrected chi connectivity index (χ0v) is 17.7. The summed E-state index contributed by atoms with van der Waals surface area (Å²) in [7, 11) is 0. The van der Waals surface area contributed by atoms with Gasteiger partial charge in [-0.05, 0) is 35.0 Å². The molecule has 0 aliphatic rings. The van der Waals surface area contributed by atoms with E-state index in [-0.39, 0.29) is 0 Å². The van der Waals surface area contributed by atoms with E-state index >= 15 is 0 Å². The molecule has 3 N–H and O–H groups in total. The van der Waals surface area contributed by atoms with Crippen LogP contribution in [-0.4, -0.2) is 21.2 Å². The van der Waals surface area contributed by atoms with Crippen molar-refractivity contribution in [3.63, 3.8) is 0 Å². The molecule has 5 rings (SSSR count). The molecule has 0 saturated heterocycles. The number of nitrogens with one attached hydrogen (secondary N) is 3. The van der Waals surface area contributed by atoms with Crippen molar-refractivity contribution in [2.24, 2.45) is 5.10 Å². The molecule has 0 radical (unpaired) electrons. The Morgan fingerprint density at radius 1 is 0.545 bits per heavy atom. The third-order valence-electron chi connectivity index (χ3n) is 4.89. The Kier molecular flexibility index (Phi) is 5.84. The highest BCUT2D eigenvalue weighted by molar-refractivity contribution is 5.99. The zero-order valence-electron chi connectivity index (χ0n) is 17.7. The highest BCUT2D eigenvalue weighted by Gasteiger charge is 2.07. The van der Waals surface area contributed by atoms with Crippen LogP contribution in [0.5, 0.6) is 0 Å². The van der Waals surface area contributed by atoms with E-state index in [1.54, 1.807) is 6.21 Å². The summed E-state index contributed by atoms with van der Waals surface area (Å²) in [6.45, 7) is 0. The predicted molar refractivity (Wildman–Crippen MR) is 134 cm³/mol. The second kappa shape index (κ2) is 9.57. The molecule has 0 fully saturated rings. The van der Waals surface area contributed by atoms with Crippen molar-refractivity contribution in [1.82, 2.24) is 15.0 Å². The van der Waals surface area contributed by atoms with Crippen molar-refractivity contribution in [2.75, 3.05) is 16.1 Å². The largest absolute Gasteiger partial charge is 0.324 e. The van der Waals surface area contributed by atoms with Gasteiger partial charge in [0.05, 0.1) is 6.21 Å². The molecule has 0 aliphatic heterocycles. The van der Waals surface area contributed by atoms with E-state index in [0.717, 1.165) is 27.7 Å². The normalized spacial score (nSPS) is 10.9. The summed E-state index contributed by atoms with van der Waals surface area (Å²) in [6, 6.07) is 33.8. The van der Waals surface area contributed by atoms with Crippen LogP contribution in [0.1, 0.15) is 5.56 Å². The minimum atomic E-state index is 0.318. The molecular formula is C26H21N7. The molecule has 0 aliphatic carbocycles. The van der Waals surface area contributed by atoms with Crippen LogP contribution >= 0.6 is 0 Å². The van der Waals surface area contributed by atoms with Crippen molar-refractivity contribution in [2.45, 2.75) is 0 Å². The molecule has 5 aromatic rings. The lowest BCUT2D eigenvalue weighted by atomic mass is 10.1. The number of rotatable bonds is 7. The summed E-state index contributed by atoms with van der Waals surface area (Å²) in [4.78, 5) is 13.4. The molecule has 0 bridgehead atoms. The minimum absolute atomic E-state index is 0.318. The van der Waals surface area contributed by atoms with E-state index in [4.69, 9.17) is 0 Å². The van der Waals surface area contributed by atoms with E-state index in [2.05, 4.69) is 54.3 Å². The SMILES string of the molecule is C(=N/Nc1nc(Nc2ccccc2)nc(Nc2ccccc2)n1)/c1cccc2ccccc12. The van der Waals surface area contributed by atoms with E-state index in [0.29, 0.717) is 17.8 Å². The lowest BCUT2D eigenvalue weighted by molar-refractivity contribution is 1.04. The van der Waals surface area contributed by atoms with Gasteiger partial charge in [-0.3, -0.25) is 0 Å². The van der Waals surface area contributed by atoms with E-state index in [1.807, 2.05) is 84.9 Å². The first-order valence-electron chi connectivity index (χ1n) is 10.5. The molecule has 1 aromatic heterocycles. The Hall–Kier alpha value is -4.78. The van der Waals surface area contributed by atoms with Crippen molar-refractivity contribution in [3.8, 4) is 0 Å². The Morgan fingerprint density at radius 3 is 1.76 bits per heavy atom. The van der Waals surface area contributed by atoms with Gasteiger partial charge in [0.2, 0.25) is 17.8 Å². The van der Waals surface area contributed by atoms with Gasteiger partial charge < -0.3 is 10.6 Å². The molecule has 33 heavy (non-hydrogen) atoms. The van der Waals surface area contributed by atoms with Crippen LogP contribution in [0.3, 0.4) is 0 Å². The quantitative estimate of drug-likeness (QED) is 0.218. The maximum absolute atomic E-state index is 4.49. The Labute approximate surface area is 191 Å². The van der Waals surface area contributed by atoms with Gasteiger partial charge in [0.1, 0.15) is 0 Å². The number of nitrogens with zero attached hydrogens (tertiary/aromatic N) is 4. The standard InChI is InChI=1S/C26H21N7/c1-3-13-21(14-4-1)28-24-30-25(29-22-15-5-2-6-16-22)32-26(31-24)33-27-18-20-12-9-11-19-10-7-8-17-23(19)20/h1-18H,(H3,28,29,30,31,32,33)/b27-18-. The number of para-hydroxylation sites is 2. The van der Waals surface area contributed by atoms with Gasteiger partial charge in [0.25, 0.3) is 0 Å². The predicted octanol–water partition coefficient (Wildman–Crippen LogP) is 5.96. The number of anilines is 5. The van der Waals surface area contributed by atoms with Crippen LogP contribution in [-0.2, 0) is 0 Å². The van der Waals surface area contributed by atoms with Crippen LogP contribution in [0.2, 0.25) is 0 Å². The average Bonchev–Trinajstić information content (AvgIpc) is 2.85. The summed E-state index contributed by atoms with van der Waals surface area (Å²) in [5, 5.41) is 13.1. The molecule has 7 heteroatoms. The van der Waals surface area contributed by atoms with Gasteiger partial charge in [0.15, 0.2) is 0 Å². The summed E-state index contributed by atoms with van der Waals surface area (Å²) in [5.74, 6) is 1.12. The molecule has 0 spiro atoms. The average molecular weight is 432 g/mol. The summed E-state index contributed by atoms with van der Waals surface area (Å²) in [6.07, 6.45) is 1.76. The number of hydrogen-bond donors (Lipinski definition) is 3. The first-order valence-corrected chi connectivity index (χ1v) is 10.5. The van der Waals surface area contributed by atoms with Crippen molar-refractivity contribution in [1.29, 1.82) is 0 Å². The second-order valence-corrected chi connectivity index (χ2v) is 7.23. The van der Waals surface area contributed by atoms with Gasteiger partial charge in [-0.1, -0.05) is 78.9 Å². The van der Waals surface area contributed by atoms with Crippen LogP contribution in [0.25, 0.3) is 10.8 Å². The molecule has 7 nitrogen and oxygen atoms in total. The van der Waals surface area contributed by atoms with Gasteiger partial charge in [-0.15, -0.1) is 0 Å². The van der Waals surface area contributed by atoms with E-state index < -0.39 is 0 Å². The third kappa shape index (κ3) is 5.11. The van der Waals surface area contributed by atoms with Crippen LogP contribution in [0, 0.1) is 0 Å². The monoisotopic (exact) mass is 431 g/mol. The summed E-state index contributed by atoms with van der Waals surface area (Å²) < 4.78 is 0. The highest BCUT2D eigenvalue weighted by atomic mass is 15.4. The molecule has 0 amide bonds.